The summed E-state index contributed by atoms with van der Waals surface area (Å²) < 4.78 is 1.52. The smallest absolute Gasteiger partial charge is 0.337 e. The third-order valence-electron chi connectivity index (χ3n) is 4.90. The van der Waals surface area contributed by atoms with Crippen molar-refractivity contribution in [3.8, 4) is 0 Å². The number of aromatic carboxylic acids is 1. The second kappa shape index (κ2) is 7.68. The molecule has 1 aromatic carbocycles. The van der Waals surface area contributed by atoms with Crippen LogP contribution in [0.3, 0.4) is 0 Å². The molecule has 0 fully saturated rings. The molecule has 0 aliphatic rings. The lowest BCUT2D eigenvalue weighted by Gasteiger charge is -2.21. The first-order valence-electron chi connectivity index (χ1n) is 9.16. The number of ketones is 2. The molecule has 6 heteroatoms. The summed E-state index contributed by atoms with van der Waals surface area (Å²) in [7, 11) is 0. The van der Waals surface area contributed by atoms with E-state index in [9.17, 15) is 19.5 Å². The van der Waals surface area contributed by atoms with Crippen LogP contribution in [0.2, 0.25) is 0 Å². The van der Waals surface area contributed by atoms with E-state index < -0.39 is 5.97 Å². The van der Waals surface area contributed by atoms with Crippen molar-refractivity contribution in [1.82, 2.24) is 4.40 Å². The van der Waals surface area contributed by atoms with E-state index in [1.54, 1.807) is 24.4 Å². The molecule has 2 heterocycles. The van der Waals surface area contributed by atoms with Gasteiger partial charge in [-0.3, -0.25) is 9.59 Å². The summed E-state index contributed by atoms with van der Waals surface area (Å²) in [5.74, 6) is -1.58. The van der Waals surface area contributed by atoms with Crippen LogP contribution in [-0.4, -0.2) is 40.1 Å². The minimum absolute atomic E-state index is 0.00814. The number of carbonyl (C=O) groups is 3. The molecule has 6 nitrogen and oxygen atoms in total. The molecular formula is C22H22N2O4. The van der Waals surface area contributed by atoms with Crippen molar-refractivity contribution < 1.29 is 19.5 Å². The van der Waals surface area contributed by atoms with Crippen molar-refractivity contribution in [3.05, 3.63) is 71.0 Å². The molecule has 144 valence electrons. The van der Waals surface area contributed by atoms with Gasteiger partial charge in [0.2, 0.25) is 5.78 Å². The van der Waals surface area contributed by atoms with E-state index in [4.69, 9.17) is 0 Å². The Morgan fingerprint density at radius 2 is 1.61 bits per heavy atom. The van der Waals surface area contributed by atoms with Gasteiger partial charge in [-0.05, 0) is 63.2 Å². The van der Waals surface area contributed by atoms with Gasteiger partial charge in [0.15, 0.2) is 5.78 Å². The average molecular weight is 378 g/mol. The summed E-state index contributed by atoms with van der Waals surface area (Å²) in [6, 6.07) is 11.7. The number of benzene rings is 1. The molecule has 0 aliphatic heterocycles. The van der Waals surface area contributed by atoms with Gasteiger partial charge in [-0.1, -0.05) is 0 Å². The molecular weight excluding hydrogens is 356 g/mol. The van der Waals surface area contributed by atoms with E-state index in [1.165, 1.54) is 23.5 Å². The lowest BCUT2D eigenvalue weighted by atomic mass is 10.1. The number of carboxylic acids is 1. The number of Topliss-reactive ketones (excluding diaryl/α,β-unsaturated/α-hetero) is 1. The topological polar surface area (TPSA) is 79.1 Å². The third kappa shape index (κ3) is 3.41. The SMILES string of the molecule is CCN(CC)c1ccc(C(=O)c2cc(C(=O)O)c3cc(C(C)=O)ccn23)cc1. The van der Waals surface area contributed by atoms with Crippen LogP contribution >= 0.6 is 0 Å². The van der Waals surface area contributed by atoms with Crippen LogP contribution in [0.1, 0.15) is 57.5 Å². The highest BCUT2D eigenvalue weighted by molar-refractivity contribution is 6.11. The highest BCUT2D eigenvalue weighted by Gasteiger charge is 2.21. The quantitative estimate of drug-likeness (QED) is 0.631. The number of pyridine rings is 1. The van der Waals surface area contributed by atoms with Gasteiger partial charge in [0.1, 0.15) is 0 Å². The number of nitrogens with zero attached hydrogens (tertiary/aromatic N) is 2. The van der Waals surface area contributed by atoms with E-state index in [0.717, 1.165) is 18.8 Å². The average Bonchev–Trinajstić information content (AvgIpc) is 3.08. The Labute approximate surface area is 163 Å². The van der Waals surface area contributed by atoms with Gasteiger partial charge in [-0.25, -0.2) is 4.79 Å². The summed E-state index contributed by atoms with van der Waals surface area (Å²) in [6.07, 6.45) is 1.57. The van der Waals surface area contributed by atoms with Crippen LogP contribution in [0.4, 0.5) is 5.69 Å². The number of hydrogen-bond donors (Lipinski definition) is 1. The standard InChI is InChI=1S/C22H22N2O4/c1-4-23(5-2)17-8-6-15(7-9-17)21(26)20-13-18(22(27)28)19-12-16(14(3)25)10-11-24(19)20/h6-13H,4-5H2,1-3H3,(H,27,28). The summed E-state index contributed by atoms with van der Waals surface area (Å²) in [5.41, 5.74) is 2.46. The Kier molecular flexibility index (Phi) is 5.31. The first kappa shape index (κ1) is 19.4. The molecule has 2 aromatic heterocycles. The Balaban J connectivity index is 2.06. The fraction of sp³-hybridized carbons (Fsp3) is 0.227. The molecule has 3 rings (SSSR count). The Bertz CT molecular complexity index is 1060. The number of fused-ring (bicyclic) bond motifs is 1. The van der Waals surface area contributed by atoms with Crippen molar-refractivity contribution in [1.29, 1.82) is 0 Å². The molecule has 0 aliphatic carbocycles. The first-order chi connectivity index (χ1) is 13.4. The van der Waals surface area contributed by atoms with Gasteiger partial charge in [0.05, 0.1) is 16.8 Å². The van der Waals surface area contributed by atoms with Gasteiger partial charge in [-0.2, -0.15) is 0 Å². The number of carboxylic acid groups (broad SMARTS) is 1. The molecule has 0 amide bonds. The van der Waals surface area contributed by atoms with Gasteiger partial charge >= 0.3 is 5.97 Å². The maximum atomic E-state index is 13.0. The molecule has 0 saturated heterocycles. The predicted octanol–water partition coefficient (Wildman–Crippen LogP) is 3.92. The highest BCUT2D eigenvalue weighted by atomic mass is 16.4. The minimum atomic E-state index is -1.14. The monoisotopic (exact) mass is 378 g/mol. The zero-order valence-corrected chi connectivity index (χ0v) is 16.1. The maximum absolute atomic E-state index is 13.0. The lowest BCUT2D eigenvalue weighted by molar-refractivity contribution is 0.0698. The number of anilines is 1. The summed E-state index contributed by atoms with van der Waals surface area (Å²) in [4.78, 5) is 38.5. The molecule has 3 aromatic rings. The molecule has 0 unspecified atom stereocenters. The molecule has 0 radical (unpaired) electrons. The van der Waals surface area contributed by atoms with Crippen LogP contribution in [0, 0.1) is 0 Å². The van der Waals surface area contributed by atoms with Gasteiger partial charge in [0.25, 0.3) is 0 Å². The van der Waals surface area contributed by atoms with Crippen molar-refractivity contribution in [2.24, 2.45) is 0 Å². The fourth-order valence-electron chi connectivity index (χ4n) is 3.32. The maximum Gasteiger partial charge on any atom is 0.337 e. The lowest BCUT2D eigenvalue weighted by Crippen LogP contribution is -2.21. The Morgan fingerprint density at radius 1 is 0.964 bits per heavy atom. The van der Waals surface area contributed by atoms with E-state index in [1.807, 2.05) is 12.1 Å². The van der Waals surface area contributed by atoms with Crippen LogP contribution in [0.25, 0.3) is 5.52 Å². The number of aromatic nitrogens is 1. The third-order valence-corrected chi connectivity index (χ3v) is 4.90. The summed E-state index contributed by atoms with van der Waals surface area (Å²) in [6.45, 7) is 7.29. The number of hydrogen-bond acceptors (Lipinski definition) is 4. The van der Waals surface area contributed by atoms with Crippen LogP contribution in [0.5, 0.6) is 0 Å². The second-order valence-electron chi connectivity index (χ2n) is 6.52. The zero-order chi connectivity index (χ0) is 20.4. The molecule has 1 N–H and O–H groups in total. The van der Waals surface area contributed by atoms with E-state index in [0.29, 0.717) is 16.6 Å². The highest BCUT2D eigenvalue weighted by Crippen LogP contribution is 2.23. The number of carbonyl (C=O) groups excluding carboxylic acids is 2. The van der Waals surface area contributed by atoms with Gasteiger partial charge in [-0.15, -0.1) is 0 Å². The number of rotatable bonds is 7. The summed E-state index contributed by atoms with van der Waals surface area (Å²) in [5, 5.41) is 9.51. The fourth-order valence-corrected chi connectivity index (χ4v) is 3.32. The van der Waals surface area contributed by atoms with Crippen LogP contribution < -0.4 is 4.90 Å². The first-order valence-corrected chi connectivity index (χ1v) is 9.16. The molecule has 0 bridgehead atoms. The second-order valence-corrected chi connectivity index (χ2v) is 6.52. The largest absolute Gasteiger partial charge is 0.478 e. The Morgan fingerprint density at radius 3 is 2.14 bits per heavy atom. The Hall–Kier alpha value is -3.41. The zero-order valence-electron chi connectivity index (χ0n) is 16.1. The predicted molar refractivity (Wildman–Crippen MR) is 108 cm³/mol. The summed E-state index contributed by atoms with van der Waals surface area (Å²) >= 11 is 0. The van der Waals surface area contributed by atoms with Crippen molar-refractivity contribution in [2.75, 3.05) is 18.0 Å². The van der Waals surface area contributed by atoms with Crippen molar-refractivity contribution in [2.45, 2.75) is 20.8 Å². The van der Waals surface area contributed by atoms with E-state index in [2.05, 4.69) is 18.7 Å². The normalized spacial score (nSPS) is 10.8. The van der Waals surface area contributed by atoms with Gasteiger partial charge < -0.3 is 14.4 Å². The van der Waals surface area contributed by atoms with Crippen molar-refractivity contribution >= 4 is 28.7 Å². The molecule has 0 saturated carbocycles. The van der Waals surface area contributed by atoms with E-state index >= 15 is 0 Å². The minimum Gasteiger partial charge on any atom is -0.478 e. The molecule has 0 atom stereocenters. The molecule has 0 spiro atoms. The van der Waals surface area contributed by atoms with Crippen LogP contribution in [-0.2, 0) is 0 Å². The van der Waals surface area contributed by atoms with Crippen LogP contribution in [0.15, 0.2) is 48.7 Å². The molecule has 28 heavy (non-hydrogen) atoms. The van der Waals surface area contributed by atoms with Gasteiger partial charge in [0, 0.05) is 36.1 Å². The van der Waals surface area contributed by atoms with E-state index in [-0.39, 0.29) is 22.8 Å². The van der Waals surface area contributed by atoms with Crippen molar-refractivity contribution in [3.63, 3.8) is 0 Å².